The topological polar surface area (TPSA) is 12.0 Å². The van der Waals surface area contributed by atoms with Gasteiger partial charge in [0.15, 0.2) is 0 Å². The Balaban J connectivity index is 2.41. The van der Waals surface area contributed by atoms with Gasteiger partial charge in [0.25, 0.3) is 0 Å². The van der Waals surface area contributed by atoms with Crippen LogP contribution in [0, 0.1) is 0 Å². The first-order valence-corrected chi connectivity index (χ1v) is 5.59. The van der Waals surface area contributed by atoms with Gasteiger partial charge in [-0.2, -0.15) is 0 Å². The summed E-state index contributed by atoms with van der Waals surface area (Å²) in [5.74, 6) is 0.726. The molecule has 0 aromatic heterocycles. The molecule has 0 saturated heterocycles. The molecule has 1 aromatic rings. The largest absolute Gasteiger partial charge is 0.313 e. The fourth-order valence-electron chi connectivity index (χ4n) is 2.52. The standard InChI is InChI=1S/C13H19N/c1-10-6-5-9-13(14-2)12-8-4-3-7-11(10)12/h3-4,7-8,10,13-14H,5-6,9H2,1-2H3. The fraction of sp³-hybridized carbons (Fsp3) is 0.538. The van der Waals surface area contributed by atoms with Crippen molar-refractivity contribution in [2.75, 3.05) is 7.05 Å². The first kappa shape index (κ1) is 9.72. The van der Waals surface area contributed by atoms with Gasteiger partial charge >= 0.3 is 0 Å². The van der Waals surface area contributed by atoms with Gasteiger partial charge in [-0.05, 0) is 36.9 Å². The highest BCUT2D eigenvalue weighted by atomic mass is 14.9. The smallest absolute Gasteiger partial charge is 0.0320 e. The van der Waals surface area contributed by atoms with E-state index >= 15 is 0 Å². The van der Waals surface area contributed by atoms with Gasteiger partial charge in [-0.3, -0.25) is 0 Å². The predicted molar refractivity (Wildman–Crippen MR) is 60.5 cm³/mol. The molecule has 0 amide bonds. The lowest BCUT2D eigenvalue weighted by molar-refractivity contribution is 0.525. The maximum Gasteiger partial charge on any atom is 0.0320 e. The van der Waals surface area contributed by atoms with Crippen LogP contribution in [0.25, 0.3) is 0 Å². The van der Waals surface area contributed by atoms with Gasteiger partial charge in [-0.1, -0.05) is 37.6 Å². The van der Waals surface area contributed by atoms with Crippen LogP contribution in [0.3, 0.4) is 0 Å². The highest BCUT2D eigenvalue weighted by molar-refractivity contribution is 5.33. The number of nitrogens with one attached hydrogen (secondary N) is 1. The van der Waals surface area contributed by atoms with Crippen molar-refractivity contribution in [1.29, 1.82) is 0 Å². The quantitative estimate of drug-likeness (QED) is 0.669. The summed E-state index contributed by atoms with van der Waals surface area (Å²) in [6, 6.07) is 9.44. The molecule has 0 fully saturated rings. The zero-order valence-electron chi connectivity index (χ0n) is 9.09. The minimum atomic E-state index is 0.566. The van der Waals surface area contributed by atoms with E-state index in [-0.39, 0.29) is 0 Å². The van der Waals surface area contributed by atoms with Crippen molar-refractivity contribution in [2.24, 2.45) is 0 Å². The highest BCUT2D eigenvalue weighted by Crippen LogP contribution is 2.34. The van der Waals surface area contributed by atoms with Crippen LogP contribution < -0.4 is 5.32 Å². The molecule has 2 atom stereocenters. The Kier molecular flexibility index (Phi) is 2.87. The van der Waals surface area contributed by atoms with Gasteiger partial charge in [-0.25, -0.2) is 0 Å². The van der Waals surface area contributed by atoms with Crippen molar-refractivity contribution in [3.63, 3.8) is 0 Å². The molecule has 0 spiro atoms. The van der Waals surface area contributed by atoms with E-state index in [1.807, 2.05) is 0 Å². The number of rotatable bonds is 1. The maximum absolute atomic E-state index is 3.42. The second kappa shape index (κ2) is 4.14. The van der Waals surface area contributed by atoms with Crippen LogP contribution in [0.4, 0.5) is 0 Å². The third-order valence-corrected chi connectivity index (χ3v) is 3.38. The maximum atomic E-state index is 3.42. The second-order valence-corrected chi connectivity index (χ2v) is 4.30. The van der Waals surface area contributed by atoms with Gasteiger partial charge in [0.1, 0.15) is 0 Å². The summed E-state index contributed by atoms with van der Waals surface area (Å²) < 4.78 is 0. The zero-order chi connectivity index (χ0) is 9.97. The third kappa shape index (κ3) is 1.69. The lowest BCUT2D eigenvalue weighted by atomic mass is 9.93. The molecule has 2 rings (SSSR count). The molecule has 1 aliphatic rings. The van der Waals surface area contributed by atoms with Crippen LogP contribution in [0.15, 0.2) is 24.3 Å². The molecule has 76 valence electrons. The Hall–Kier alpha value is -0.820. The summed E-state index contributed by atoms with van der Waals surface area (Å²) in [6.45, 7) is 2.34. The Morgan fingerprint density at radius 1 is 1.14 bits per heavy atom. The van der Waals surface area contributed by atoms with E-state index in [2.05, 4.69) is 43.6 Å². The van der Waals surface area contributed by atoms with Gasteiger partial charge in [0.05, 0.1) is 0 Å². The molecule has 0 heterocycles. The molecule has 1 aromatic carbocycles. The van der Waals surface area contributed by atoms with E-state index in [9.17, 15) is 0 Å². The van der Waals surface area contributed by atoms with Crippen molar-refractivity contribution in [1.82, 2.24) is 5.32 Å². The van der Waals surface area contributed by atoms with Gasteiger partial charge in [-0.15, -0.1) is 0 Å². The van der Waals surface area contributed by atoms with E-state index in [1.54, 1.807) is 5.56 Å². The number of hydrogen-bond donors (Lipinski definition) is 1. The van der Waals surface area contributed by atoms with Gasteiger partial charge in [0.2, 0.25) is 0 Å². The number of benzene rings is 1. The van der Waals surface area contributed by atoms with E-state index in [0.717, 1.165) is 5.92 Å². The minimum Gasteiger partial charge on any atom is -0.313 e. The summed E-state index contributed by atoms with van der Waals surface area (Å²) in [5, 5.41) is 3.42. The third-order valence-electron chi connectivity index (χ3n) is 3.38. The molecule has 1 nitrogen and oxygen atoms in total. The summed E-state index contributed by atoms with van der Waals surface area (Å²) in [6.07, 6.45) is 3.94. The fourth-order valence-corrected chi connectivity index (χ4v) is 2.52. The van der Waals surface area contributed by atoms with Crippen LogP contribution in [0.5, 0.6) is 0 Å². The minimum absolute atomic E-state index is 0.566. The monoisotopic (exact) mass is 189 g/mol. The summed E-state index contributed by atoms with van der Waals surface area (Å²) in [4.78, 5) is 0. The van der Waals surface area contributed by atoms with Crippen molar-refractivity contribution in [2.45, 2.75) is 38.1 Å². The Morgan fingerprint density at radius 2 is 1.86 bits per heavy atom. The van der Waals surface area contributed by atoms with Crippen LogP contribution in [-0.2, 0) is 0 Å². The lowest BCUT2D eigenvalue weighted by Crippen LogP contribution is -2.16. The molecular formula is C13H19N. The van der Waals surface area contributed by atoms with Crippen LogP contribution in [0.2, 0.25) is 0 Å². The lowest BCUT2D eigenvalue weighted by Gasteiger charge is -2.17. The molecular weight excluding hydrogens is 170 g/mol. The summed E-state index contributed by atoms with van der Waals surface area (Å²) in [5.41, 5.74) is 3.06. The van der Waals surface area contributed by atoms with Crippen LogP contribution in [0.1, 0.15) is 49.3 Å². The molecule has 0 saturated carbocycles. The van der Waals surface area contributed by atoms with Gasteiger partial charge < -0.3 is 5.32 Å². The van der Waals surface area contributed by atoms with E-state index in [4.69, 9.17) is 0 Å². The summed E-state index contributed by atoms with van der Waals surface area (Å²) in [7, 11) is 2.07. The predicted octanol–water partition coefficient (Wildman–Crippen LogP) is 3.23. The van der Waals surface area contributed by atoms with Crippen molar-refractivity contribution in [3.05, 3.63) is 35.4 Å². The van der Waals surface area contributed by atoms with Crippen molar-refractivity contribution < 1.29 is 0 Å². The average Bonchev–Trinajstić information content (AvgIpc) is 2.39. The molecule has 2 unspecified atom stereocenters. The molecule has 1 N–H and O–H groups in total. The van der Waals surface area contributed by atoms with Crippen LogP contribution in [-0.4, -0.2) is 7.05 Å². The summed E-state index contributed by atoms with van der Waals surface area (Å²) >= 11 is 0. The second-order valence-electron chi connectivity index (χ2n) is 4.30. The molecule has 0 aliphatic heterocycles. The normalized spacial score (nSPS) is 26.7. The Morgan fingerprint density at radius 3 is 2.57 bits per heavy atom. The SMILES string of the molecule is CNC1CCCC(C)c2ccccc21. The van der Waals surface area contributed by atoms with Gasteiger partial charge in [0, 0.05) is 6.04 Å². The first-order valence-electron chi connectivity index (χ1n) is 5.59. The highest BCUT2D eigenvalue weighted by Gasteiger charge is 2.20. The van der Waals surface area contributed by atoms with Crippen LogP contribution >= 0.6 is 0 Å². The zero-order valence-corrected chi connectivity index (χ0v) is 9.09. The first-order chi connectivity index (χ1) is 6.83. The Labute approximate surface area is 86.5 Å². The van der Waals surface area contributed by atoms with Crippen molar-refractivity contribution >= 4 is 0 Å². The van der Waals surface area contributed by atoms with E-state index < -0.39 is 0 Å². The molecule has 1 heteroatoms. The Bertz CT molecular complexity index is 306. The van der Waals surface area contributed by atoms with Crippen molar-refractivity contribution in [3.8, 4) is 0 Å². The molecule has 0 radical (unpaired) electrons. The average molecular weight is 189 g/mol. The molecule has 14 heavy (non-hydrogen) atoms. The molecule has 1 aliphatic carbocycles. The van der Waals surface area contributed by atoms with E-state index in [0.29, 0.717) is 6.04 Å². The number of fused-ring (bicyclic) bond motifs is 1. The molecule has 0 bridgehead atoms. The number of hydrogen-bond acceptors (Lipinski definition) is 1. The van der Waals surface area contributed by atoms with E-state index in [1.165, 1.54) is 24.8 Å².